The van der Waals surface area contributed by atoms with Crippen LogP contribution in [-0.2, 0) is 0 Å². The summed E-state index contributed by atoms with van der Waals surface area (Å²) in [6, 6.07) is 4.48. The molecule has 0 aliphatic heterocycles. The van der Waals surface area contributed by atoms with E-state index < -0.39 is 0 Å². The van der Waals surface area contributed by atoms with Crippen LogP contribution in [0.2, 0.25) is 0 Å². The van der Waals surface area contributed by atoms with Crippen molar-refractivity contribution in [1.82, 2.24) is 4.90 Å². The molecular formula is C10H12N2O2. The van der Waals surface area contributed by atoms with Crippen LogP contribution in [0.5, 0.6) is 5.75 Å². The lowest BCUT2D eigenvalue weighted by atomic mass is 10.2. The number of aromatic hydroxyl groups is 1. The Morgan fingerprint density at radius 2 is 2.14 bits per heavy atom. The van der Waals surface area contributed by atoms with E-state index in [-0.39, 0.29) is 5.75 Å². The second-order valence-electron chi connectivity index (χ2n) is 3.07. The van der Waals surface area contributed by atoms with E-state index in [4.69, 9.17) is 5.11 Å². The molecule has 0 fully saturated rings. The predicted octanol–water partition coefficient (Wildman–Crippen LogP) is 1.43. The van der Waals surface area contributed by atoms with E-state index in [9.17, 15) is 4.79 Å². The first kappa shape index (κ1) is 10.2. The van der Waals surface area contributed by atoms with Crippen LogP contribution >= 0.6 is 0 Å². The van der Waals surface area contributed by atoms with Gasteiger partial charge in [-0.3, -0.25) is 4.79 Å². The zero-order chi connectivity index (χ0) is 10.6. The summed E-state index contributed by atoms with van der Waals surface area (Å²) in [5.41, 5.74) is 0.926. The van der Waals surface area contributed by atoms with E-state index in [0.717, 1.165) is 0 Å². The number of carbonyl (C=O) groups excluding carboxylic acids is 1. The summed E-state index contributed by atoms with van der Waals surface area (Å²) >= 11 is 0. The molecule has 0 aliphatic carbocycles. The average molecular weight is 192 g/mol. The highest BCUT2D eigenvalue weighted by Crippen LogP contribution is 2.21. The first-order valence-electron chi connectivity index (χ1n) is 4.12. The molecule has 14 heavy (non-hydrogen) atoms. The normalized spacial score (nSPS) is 10.4. The molecule has 0 radical (unpaired) electrons. The lowest BCUT2D eigenvalue weighted by Gasteiger charge is -2.03. The Kier molecular flexibility index (Phi) is 3.23. The van der Waals surface area contributed by atoms with Gasteiger partial charge in [0, 0.05) is 19.7 Å². The Morgan fingerprint density at radius 1 is 1.43 bits per heavy atom. The van der Waals surface area contributed by atoms with Crippen molar-refractivity contribution in [3.05, 3.63) is 23.8 Å². The average Bonchev–Trinajstić information content (AvgIpc) is 2.15. The van der Waals surface area contributed by atoms with Crippen molar-refractivity contribution < 1.29 is 9.90 Å². The lowest BCUT2D eigenvalue weighted by Crippen LogP contribution is -2.07. The standard InChI is InChI=1S/C10H12N2O2/c1-12(2)7-11-10-4-3-9(14)5-8(10)6-13/h3-7,14H,1-2H3. The molecule has 0 heterocycles. The molecule has 0 bridgehead atoms. The lowest BCUT2D eigenvalue weighted by molar-refractivity contribution is 0.112. The highest BCUT2D eigenvalue weighted by atomic mass is 16.3. The van der Waals surface area contributed by atoms with E-state index in [2.05, 4.69) is 4.99 Å². The highest BCUT2D eigenvalue weighted by molar-refractivity contribution is 5.84. The summed E-state index contributed by atoms with van der Waals surface area (Å²) in [4.78, 5) is 16.5. The number of nitrogens with zero attached hydrogens (tertiary/aromatic N) is 2. The number of phenolic OH excluding ortho intramolecular Hbond substituents is 1. The smallest absolute Gasteiger partial charge is 0.152 e. The van der Waals surface area contributed by atoms with E-state index in [1.165, 1.54) is 12.1 Å². The van der Waals surface area contributed by atoms with Gasteiger partial charge in [0.1, 0.15) is 5.75 Å². The number of phenols is 1. The Labute approximate surface area is 82.5 Å². The van der Waals surface area contributed by atoms with Gasteiger partial charge >= 0.3 is 0 Å². The third kappa shape index (κ3) is 2.58. The fourth-order valence-electron chi connectivity index (χ4n) is 0.932. The van der Waals surface area contributed by atoms with E-state index in [1.807, 2.05) is 14.1 Å². The summed E-state index contributed by atoms with van der Waals surface area (Å²) in [6.07, 6.45) is 2.27. The van der Waals surface area contributed by atoms with E-state index >= 15 is 0 Å². The summed E-state index contributed by atoms with van der Waals surface area (Å²) < 4.78 is 0. The van der Waals surface area contributed by atoms with Crippen LogP contribution in [0.3, 0.4) is 0 Å². The molecule has 0 saturated carbocycles. The molecule has 1 N–H and O–H groups in total. The third-order valence-electron chi connectivity index (χ3n) is 1.57. The van der Waals surface area contributed by atoms with Crippen molar-refractivity contribution in [3.63, 3.8) is 0 Å². The molecule has 4 heteroatoms. The number of aldehydes is 1. The Bertz CT molecular complexity index is 359. The van der Waals surface area contributed by atoms with Gasteiger partial charge in [0.25, 0.3) is 0 Å². The fourth-order valence-corrected chi connectivity index (χ4v) is 0.932. The van der Waals surface area contributed by atoms with E-state index in [0.29, 0.717) is 17.5 Å². The summed E-state index contributed by atoms with van der Waals surface area (Å²) in [5.74, 6) is 0.0657. The van der Waals surface area contributed by atoms with Gasteiger partial charge in [-0.05, 0) is 18.2 Å². The van der Waals surface area contributed by atoms with Crippen LogP contribution in [0.25, 0.3) is 0 Å². The zero-order valence-electron chi connectivity index (χ0n) is 8.14. The van der Waals surface area contributed by atoms with Gasteiger partial charge < -0.3 is 10.0 Å². The second kappa shape index (κ2) is 4.41. The number of hydrogen-bond donors (Lipinski definition) is 1. The molecular weight excluding hydrogens is 180 g/mol. The van der Waals surface area contributed by atoms with E-state index in [1.54, 1.807) is 17.3 Å². The molecule has 74 valence electrons. The van der Waals surface area contributed by atoms with Crippen LogP contribution in [0, 0.1) is 0 Å². The third-order valence-corrected chi connectivity index (χ3v) is 1.57. The van der Waals surface area contributed by atoms with Gasteiger partial charge in [-0.1, -0.05) is 0 Å². The van der Waals surface area contributed by atoms with Crippen LogP contribution < -0.4 is 0 Å². The Hall–Kier alpha value is -1.84. The SMILES string of the molecule is CN(C)C=Nc1ccc(O)cc1C=O. The van der Waals surface area contributed by atoms with Crippen LogP contribution in [0.1, 0.15) is 10.4 Å². The first-order chi connectivity index (χ1) is 6.63. The number of benzene rings is 1. The molecule has 1 aromatic carbocycles. The van der Waals surface area contributed by atoms with Crippen molar-refractivity contribution in [3.8, 4) is 5.75 Å². The van der Waals surface area contributed by atoms with Crippen molar-refractivity contribution in [2.24, 2.45) is 4.99 Å². The summed E-state index contributed by atoms with van der Waals surface area (Å²) in [5, 5.41) is 9.12. The fraction of sp³-hybridized carbons (Fsp3) is 0.200. The first-order valence-corrected chi connectivity index (χ1v) is 4.12. The molecule has 0 aliphatic rings. The number of hydrogen-bond acceptors (Lipinski definition) is 3. The number of rotatable bonds is 3. The largest absolute Gasteiger partial charge is 0.508 e. The van der Waals surface area contributed by atoms with Crippen molar-refractivity contribution in [2.45, 2.75) is 0 Å². The Balaban J connectivity index is 3.02. The van der Waals surface area contributed by atoms with Crippen molar-refractivity contribution in [1.29, 1.82) is 0 Å². The molecule has 4 nitrogen and oxygen atoms in total. The quantitative estimate of drug-likeness (QED) is 0.447. The van der Waals surface area contributed by atoms with Gasteiger partial charge in [-0.25, -0.2) is 4.99 Å². The van der Waals surface area contributed by atoms with Crippen LogP contribution in [0.15, 0.2) is 23.2 Å². The molecule has 1 rings (SSSR count). The topological polar surface area (TPSA) is 52.9 Å². The minimum atomic E-state index is 0.0657. The second-order valence-corrected chi connectivity index (χ2v) is 3.07. The van der Waals surface area contributed by atoms with Gasteiger partial charge in [-0.2, -0.15) is 0 Å². The Morgan fingerprint density at radius 3 is 2.71 bits per heavy atom. The maximum Gasteiger partial charge on any atom is 0.152 e. The molecule has 1 aromatic rings. The number of aliphatic imine (C=N–C) groups is 1. The highest BCUT2D eigenvalue weighted by Gasteiger charge is 2.00. The van der Waals surface area contributed by atoms with Gasteiger partial charge in [0.05, 0.1) is 12.0 Å². The van der Waals surface area contributed by atoms with Crippen LogP contribution in [-0.4, -0.2) is 36.7 Å². The molecule has 0 saturated heterocycles. The number of carbonyl (C=O) groups is 1. The molecule has 0 amide bonds. The monoisotopic (exact) mass is 192 g/mol. The molecule has 0 aromatic heterocycles. The van der Waals surface area contributed by atoms with Crippen LogP contribution in [0.4, 0.5) is 5.69 Å². The maximum absolute atomic E-state index is 10.6. The minimum Gasteiger partial charge on any atom is -0.508 e. The van der Waals surface area contributed by atoms with Gasteiger partial charge in [0.15, 0.2) is 6.29 Å². The molecule has 0 unspecified atom stereocenters. The maximum atomic E-state index is 10.6. The summed E-state index contributed by atoms with van der Waals surface area (Å²) in [7, 11) is 3.68. The molecule has 0 atom stereocenters. The minimum absolute atomic E-state index is 0.0657. The van der Waals surface area contributed by atoms with Gasteiger partial charge in [-0.15, -0.1) is 0 Å². The predicted molar refractivity (Wildman–Crippen MR) is 55.3 cm³/mol. The molecule has 0 spiro atoms. The van der Waals surface area contributed by atoms with Gasteiger partial charge in [0.2, 0.25) is 0 Å². The van der Waals surface area contributed by atoms with Crippen molar-refractivity contribution in [2.75, 3.05) is 14.1 Å². The van der Waals surface area contributed by atoms with Crippen molar-refractivity contribution >= 4 is 18.3 Å². The zero-order valence-corrected chi connectivity index (χ0v) is 8.14. The summed E-state index contributed by atoms with van der Waals surface area (Å²) in [6.45, 7) is 0.